The highest BCUT2D eigenvalue weighted by molar-refractivity contribution is 7.19. The number of carbonyl (C=O) groups excluding carboxylic acids is 1. The summed E-state index contributed by atoms with van der Waals surface area (Å²) in [5.74, 6) is 1.35. The Kier molecular flexibility index (Phi) is 4.93. The molecule has 3 aromatic rings. The highest BCUT2D eigenvalue weighted by Gasteiger charge is 2.26. The van der Waals surface area contributed by atoms with E-state index in [0.717, 1.165) is 36.0 Å². The zero-order chi connectivity index (χ0) is 19.8. The third-order valence-corrected chi connectivity index (χ3v) is 6.98. The molecule has 3 heterocycles. The molecule has 0 bridgehead atoms. The molecule has 1 saturated heterocycles. The van der Waals surface area contributed by atoms with Gasteiger partial charge in [0.1, 0.15) is 16.5 Å². The Morgan fingerprint density at radius 2 is 2.00 bits per heavy atom. The van der Waals surface area contributed by atoms with E-state index in [0.29, 0.717) is 24.7 Å². The molecule has 2 aliphatic rings. The Morgan fingerprint density at radius 3 is 2.86 bits per heavy atom. The second-order valence-corrected chi connectivity index (χ2v) is 9.12. The maximum absolute atomic E-state index is 12.3. The number of piperazine rings is 1. The number of anilines is 1. The van der Waals surface area contributed by atoms with Crippen molar-refractivity contribution in [3.05, 3.63) is 52.2 Å². The van der Waals surface area contributed by atoms with Crippen LogP contribution in [0.4, 0.5) is 5.82 Å². The Labute approximate surface area is 174 Å². The van der Waals surface area contributed by atoms with Crippen LogP contribution in [0.15, 0.2) is 30.3 Å². The van der Waals surface area contributed by atoms with Gasteiger partial charge < -0.3 is 11.1 Å². The quantitative estimate of drug-likeness (QED) is 0.695. The summed E-state index contributed by atoms with van der Waals surface area (Å²) in [6, 6.07) is 10.4. The van der Waals surface area contributed by atoms with Gasteiger partial charge in [0.2, 0.25) is 5.91 Å². The fourth-order valence-corrected chi connectivity index (χ4v) is 5.82. The van der Waals surface area contributed by atoms with Gasteiger partial charge in [0.25, 0.3) is 0 Å². The van der Waals surface area contributed by atoms with Gasteiger partial charge in [-0.15, -0.1) is 11.3 Å². The van der Waals surface area contributed by atoms with Crippen LogP contribution in [-0.4, -0.2) is 39.9 Å². The maximum Gasteiger partial charge on any atom is 0.234 e. The Hall–Kier alpha value is -2.51. The van der Waals surface area contributed by atoms with E-state index in [2.05, 4.69) is 27.3 Å². The zero-order valence-electron chi connectivity index (χ0n) is 16.4. The topological polar surface area (TPSA) is 84.1 Å². The van der Waals surface area contributed by atoms with E-state index in [9.17, 15) is 4.79 Å². The van der Waals surface area contributed by atoms with Gasteiger partial charge in [-0.2, -0.15) is 0 Å². The average molecular weight is 408 g/mol. The smallest absolute Gasteiger partial charge is 0.234 e. The molecule has 0 saturated carbocycles. The van der Waals surface area contributed by atoms with Crippen LogP contribution in [0.5, 0.6) is 0 Å². The summed E-state index contributed by atoms with van der Waals surface area (Å²) in [5, 5.41) is 4.17. The number of carbonyl (C=O) groups is 1. The predicted octanol–water partition coefficient (Wildman–Crippen LogP) is 2.70. The number of amides is 1. The molecule has 6 nitrogen and oxygen atoms in total. The van der Waals surface area contributed by atoms with Gasteiger partial charge >= 0.3 is 0 Å². The monoisotopic (exact) mass is 407 g/mol. The van der Waals surface area contributed by atoms with Crippen LogP contribution in [0.2, 0.25) is 0 Å². The first-order valence-electron chi connectivity index (χ1n) is 10.3. The minimum Gasteiger partial charge on any atom is -0.383 e. The van der Waals surface area contributed by atoms with Gasteiger partial charge in [-0.05, 0) is 43.2 Å². The molecule has 1 amide bonds. The molecule has 1 aliphatic heterocycles. The van der Waals surface area contributed by atoms with E-state index in [1.165, 1.54) is 28.8 Å². The number of nitrogens with one attached hydrogen (secondary N) is 1. The number of thiophene rings is 1. The molecule has 29 heavy (non-hydrogen) atoms. The predicted molar refractivity (Wildman–Crippen MR) is 116 cm³/mol. The number of aryl methyl sites for hydroxylation is 2. The molecule has 5 rings (SSSR count). The lowest BCUT2D eigenvalue weighted by molar-refractivity contribution is -0.125. The van der Waals surface area contributed by atoms with Crippen molar-refractivity contribution in [3.8, 4) is 0 Å². The van der Waals surface area contributed by atoms with Crippen molar-refractivity contribution in [2.24, 2.45) is 0 Å². The van der Waals surface area contributed by atoms with E-state index in [1.54, 1.807) is 11.3 Å². The van der Waals surface area contributed by atoms with Gasteiger partial charge in [0.15, 0.2) is 0 Å². The van der Waals surface area contributed by atoms with Crippen molar-refractivity contribution in [1.29, 1.82) is 0 Å². The lowest BCUT2D eigenvalue weighted by atomic mass is 9.97. The molecule has 7 heteroatoms. The Morgan fingerprint density at radius 1 is 1.17 bits per heavy atom. The number of rotatable bonds is 4. The second kappa shape index (κ2) is 7.72. The van der Waals surface area contributed by atoms with Crippen LogP contribution in [0.25, 0.3) is 10.2 Å². The van der Waals surface area contributed by atoms with E-state index in [1.807, 2.05) is 18.2 Å². The number of nitrogens with two attached hydrogens (primary N) is 1. The van der Waals surface area contributed by atoms with Crippen LogP contribution in [-0.2, 0) is 30.6 Å². The van der Waals surface area contributed by atoms with Crippen LogP contribution >= 0.6 is 11.3 Å². The van der Waals surface area contributed by atoms with Crippen molar-refractivity contribution in [2.75, 3.05) is 18.8 Å². The molecular formula is C22H25N5OS. The molecule has 1 aliphatic carbocycles. The summed E-state index contributed by atoms with van der Waals surface area (Å²) in [4.78, 5) is 26.2. The van der Waals surface area contributed by atoms with E-state index in [4.69, 9.17) is 10.7 Å². The minimum atomic E-state index is 0.0535. The Balaban J connectivity index is 1.35. The molecule has 3 N–H and O–H groups in total. The summed E-state index contributed by atoms with van der Waals surface area (Å²) in [6.07, 6.45) is 5.48. The SMILES string of the molecule is Nc1nc(CN2CC(=O)N[C@@H](Cc3ccccc3)C2)nc2sc3c(c12)CCCC3. The average Bonchev–Trinajstić information content (AvgIpc) is 3.07. The Bertz CT molecular complexity index is 1050. The molecule has 1 atom stereocenters. The second-order valence-electron chi connectivity index (χ2n) is 8.04. The first-order chi connectivity index (χ1) is 14.2. The first-order valence-corrected chi connectivity index (χ1v) is 11.1. The van der Waals surface area contributed by atoms with Gasteiger partial charge in [-0.3, -0.25) is 9.69 Å². The third-order valence-electron chi connectivity index (χ3n) is 5.79. The minimum absolute atomic E-state index is 0.0535. The van der Waals surface area contributed by atoms with Crippen molar-refractivity contribution in [1.82, 2.24) is 20.2 Å². The highest BCUT2D eigenvalue weighted by atomic mass is 32.1. The summed E-state index contributed by atoms with van der Waals surface area (Å²) in [7, 11) is 0. The van der Waals surface area contributed by atoms with Crippen molar-refractivity contribution in [2.45, 2.75) is 44.7 Å². The lowest BCUT2D eigenvalue weighted by Gasteiger charge is -2.32. The molecule has 0 unspecified atom stereocenters. The van der Waals surface area contributed by atoms with Gasteiger partial charge in [-0.1, -0.05) is 30.3 Å². The van der Waals surface area contributed by atoms with Crippen molar-refractivity contribution in [3.63, 3.8) is 0 Å². The fourth-order valence-electron chi connectivity index (χ4n) is 4.54. The van der Waals surface area contributed by atoms with Crippen LogP contribution < -0.4 is 11.1 Å². The summed E-state index contributed by atoms with van der Waals surface area (Å²) in [5.41, 5.74) is 8.93. The number of hydrogen-bond donors (Lipinski definition) is 2. The lowest BCUT2D eigenvalue weighted by Crippen LogP contribution is -2.54. The molecular weight excluding hydrogens is 382 g/mol. The van der Waals surface area contributed by atoms with Crippen LogP contribution in [0.1, 0.15) is 34.7 Å². The van der Waals surface area contributed by atoms with Crippen LogP contribution in [0, 0.1) is 0 Å². The molecule has 1 aromatic carbocycles. The standard InChI is InChI=1S/C22H25N5OS/c23-21-20-16-8-4-5-9-17(16)29-22(20)26-18(25-21)12-27-11-15(24-19(28)13-27)10-14-6-2-1-3-7-14/h1-3,6-7,15H,4-5,8-13H2,(H,24,28)(H2,23,25,26)/t15-/m0/s1. The van der Waals surface area contributed by atoms with Crippen molar-refractivity contribution < 1.29 is 4.79 Å². The van der Waals surface area contributed by atoms with E-state index in [-0.39, 0.29) is 11.9 Å². The largest absolute Gasteiger partial charge is 0.383 e. The summed E-state index contributed by atoms with van der Waals surface area (Å²) >= 11 is 1.76. The molecule has 2 aromatic heterocycles. The number of fused-ring (bicyclic) bond motifs is 3. The van der Waals surface area contributed by atoms with Crippen molar-refractivity contribution >= 4 is 33.3 Å². The summed E-state index contributed by atoms with van der Waals surface area (Å²) < 4.78 is 0. The van der Waals surface area contributed by atoms with E-state index < -0.39 is 0 Å². The van der Waals surface area contributed by atoms with Crippen LogP contribution in [0.3, 0.4) is 0 Å². The maximum atomic E-state index is 12.3. The van der Waals surface area contributed by atoms with Gasteiger partial charge in [0.05, 0.1) is 18.5 Å². The summed E-state index contributed by atoms with van der Waals surface area (Å²) in [6.45, 7) is 1.69. The number of benzene rings is 1. The number of aromatic nitrogens is 2. The normalized spacial score (nSPS) is 19.9. The molecule has 0 radical (unpaired) electrons. The first kappa shape index (κ1) is 18.5. The van der Waals surface area contributed by atoms with E-state index >= 15 is 0 Å². The molecule has 150 valence electrons. The zero-order valence-corrected chi connectivity index (χ0v) is 17.2. The number of nitrogens with zero attached hydrogens (tertiary/aromatic N) is 3. The van der Waals surface area contributed by atoms with Gasteiger partial charge in [0, 0.05) is 17.5 Å². The molecule has 1 fully saturated rings. The fraction of sp³-hybridized carbons (Fsp3) is 0.409. The van der Waals surface area contributed by atoms with Gasteiger partial charge in [-0.25, -0.2) is 9.97 Å². The number of nitrogen functional groups attached to an aromatic ring is 1. The third kappa shape index (κ3) is 3.84. The molecule has 0 spiro atoms. The highest BCUT2D eigenvalue weighted by Crippen LogP contribution is 2.37. The number of hydrogen-bond acceptors (Lipinski definition) is 6.